The molecule has 0 aromatic heterocycles. The molecule has 0 fully saturated rings. The summed E-state index contributed by atoms with van der Waals surface area (Å²) in [5.74, 6) is 0.338. The lowest BCUT2D eigenvalue weighted by molar-refractivity contribution is 0.101. The third kappa shape index (κ3) is 4.56. The molecule has 0 aliphatic carbocycles. The van der Waals surface area contributed by atoms with Crippen LogP contribution in [0.15, 0.2) is 40.9 Å². The van der Waals surface area contributed by atoms with Crippen LogP contribution in [0.5, 0.6) is 5.75 Å². The Balaban J connectivity index is 2.26. The average Bonchev–Trinajstić information content (AvgIpc) is 2.52. The van der Waals surface area contributed by atoms with Crippen molar-refractivity contribution in [2.24, 2.45) is 0 Å². The minimum atomic E-state index is -0.198. The highest BCUT2D eigenvalue weighted by atomic mass is 79.9. The van der Waals surface area contributed by atoms with Crippen molar-refractivity contribution in [3.05, 3.63) is 57.6 Å². The molecule has 0 saturated heterocycles. The molecule has 122 valence electrons. The lowest BCUT2D eigenvalue weighted by Gasteiger charge is -2.14. The van der Waals surface area contributed by atoms with Crippen molar-refractivity contribution in [3.63, 3.8) is 0 Å². The van der Waals surface area contributed by atoms with Gasteiger partial charge in [0.2, 0.25) is 0 Å². The Morgan fingerprint density at radius 2 is 1.83 bits per heavy atom. The monoisotopic (exact) mass is 377 g/mol. The van der Waals surface area contributed by atoms with Gasteiger partial charge in [-0.3, -0.25) is 4.79 Å². The van der Waals surface area contributed by atoms with Crippen LogP contribution in [-0.2, 0) is 4.74 Å². The Labute approximate surface area is 144 Å². The van der Waals surface area contributed by atoms with Gasteiger partial charge in [-0.05, 0) is 43.2 Å². The normalized spacial score (nSPS) is 10.4. The van der Waals surface area contributed by atoms with Crippen LogP contribution >= 0.6 is 15.9 Å². The SMILES string of the molecule is COCCOc1ccc(Br)cc1C(=O)Nc1c(C)cccc1C. The second kappa shape index (κ2) is 8.13. The molecule has 2 aromatic carbocycles. The van der Waals surface area contributed by atoms with E-state index in [2.05, 4.69) is 21.2 Å². The van der Waals surface area contributed by atoms with Gasteiger partial charge < -0.3 is 14.8 Å². The quantitative estimate of drug-likeness (QED) is 0.761. The summed E-state index contributed by atoms with van der Waals surface area (Å²) in [6.45, 7) is 4.80. The average molecular weight is 378 g/mol. The number of hydrogen-bond acceptors (Lipinski definition) is 3. The molecule has 0 saturated carbocycles. The number of carbonyl (C=O) groups excluding carboxylic acids is 1. The van der Waals surface area contributed by atoms with Crippen molar-refractivity contribution in [1.82, 2.24) is 0 Å². The van der Waals surface area contributed by atoms with Crippen LogP contribution in [-0.4, -0.2) is 26.2 Å². The number of amides is 1. The third-order valence-corrected chi connectivity index (χ3v) is 3.94. The first-order valence-electron chi connectivity index (χ1n) is 7.31. The molecule has 0 aliphatic rings. The zero-order valence-corrected chi connectivity index (χ0v) is 15.1. The molecule has 4 nitrogen and oxygen atoms in total. The Bertz CT molecular complexity index is 680. The number of halogens is 1. The maximum atomic E-state index is 12.7. The van der Waals surface area contributed by atoms with Crippen LogP contribution in [0.4, 0.5) is 5.69 Å². The molecule has 23 heavy (non-hydrogen) atoms. The number of carbonyl (C=O) groups is 1. The molecule has 0 radical (unpaired) electrons. The molecule has 0 unspecified atom stereocenters. The van der Waals surface area contributed by atoms with Gasteiger partial charge in [-0.25, -0.2) is 0 Å². The largest absolute Gasteiger partial charge is 0.490 e. The highest BCUT2D eigenvalue weighted by Crippen LogP contribution is 2.26. The first-order valence-corrected chi connectivity index (χ1v) is 8.11. The Morgan fingerprint density at radius 3 is 2.48 bits per heavy atom. The van der Waals surface area contributed by atoms with Gasteiger partial charge in [0.05, 0.1) is 12.2 Å². The minimum absolute atomic E-state index is 0.198. The van der Waals surface area contributed by atoms with E-state index in [0.29, 0.717) is 24.5 Å². The number of nitrogens with one attached hydrogen (secondary N) is 1. The molecular weight excluding hydrogens is 358 g/mol. The van der Waals surface area contributed by atoms with Crippen molar-refractivity contribution in [1.29, 1.82) is 0 Å². The van der Waals surface area contributed by atoms with E-state index in [1.165, 1.54) is 0 Å². The van der Waals surface area contributed by atoms with E-state index in [1.54, 1.807) is 19.2 Å². The molecule has 1 N–H and O–H groups in total. The van der Waals surface area contributed by atoms with Gasteiger partial charge in [0.15, 0.2) is 0 Å². The second-order valence-corrected chi connectivity index (χ2v) is 6.12. The molecule has 5 heteroatoms. The first-order chi connectivity index (χ1) is 11.0. The predicted molar refractivity (Wildman–Crippen MR) is 95.4 cm³/mol. The summed E-state index contributed by atoms with van der Waals surface area (Å²) in [7, 11) is 1.61. The Hall–Kier alpha value is -1.85. The summed E-state index contributed by atoms with van der Waals surface area (Å²) in [6.07, 6.45) is 0. The number of para-hydroxylation sites is 1. The van der Waals surface area contributed by atoms with E-state index in [-0.39, 0.29) is 5.91 Å². The standard InChI is InChI=1S/C18H20BrNO3/c1-12-5-4-6-13(2)17(12)20-18(21)15-11-14(19)7-8-16(15)23-10-9-22-3/h4-8,11H,9-10H2,1-3H3,(H,20,21). The van der Waals surface area contributed by atoms with Crippen molar-refractivity contribution in [3.8, 4) is 5.75 Å². The van der Waals surface area contributed by atoms with E-state index < -0.39 is 0 Å². The fraction of sp³-hybridized carbons (Fsp3) is 0.278. The van der Waals surface area contributed by atoms with Gasteiger partial charge in [0, 0.05) is 17.3 Å². The Kier molecular flexibility index (Phi) is 6.19. The lowest BCUT2D eigenvalue weighted by Crippen LogP contribution is -2.16. The summed E-state index contributed by atoms with van der Waals surface area (Å²) >= 11 is 3.40. The number of anilines is 1. The van der Waals surface area contributed by atoms with Gasteiger partial charge in [-0.1, -0.05) is 34.1 Å². The van der Waals surface area contributed by atoms with Crippen LogP contribution in [0, 0.1) is 13.8 Å². The molecule has 0 spiro atoms. The Morgan fingerprint density at radius 1 is 1.13 bits per heavy atom. The van der Waals surface area contributed by atoms with E-state index in [9.17, 15) is 4.79 Å². The molecule has 1 amide bonds. The van der Waals surface area contributed by atoms with Crippen LogP contribution < -0.4 is 10.1 Å². The number of aryl methyl sites for hydroxylation is 2. The summed E-state index contributed by atoms with van der Waals surface area (Å²) in [5.41, 5.74) is 3.36. The lowest BCUT2D eigenvalue weighted by atomic mass is 10.1. The zero-order valence-electron chi connectivity index (χ0n) is 13.5. The van der Waals surface area contributed by atoms with Crippen molar-refractivity contribution >= 4 is 27.5 Å². The van der Waals surface area contributed by atoms with E-state index >= 15 is 0 Å². The van der Waals surface area contributed by atoms with Crippen LogP contribution in [0.25, 0.3) is 0 Å². The maximum absolute atomic E-state index is 12.7. The molecule has 0 aliphatic heterocycles. The van der Waals surface area contributed by atoms with Gasteiger partial charge >= 0.3 is 0 Å². The molecule has 2 rings (SSSR count). The number of rotatable bonds is 6. The van der Waals surface area contributed by atoms with E-state index in [1.807, 2.05) is 38.1 Å². The van der Waals surface area contributed by atoms with E-state index in [4.69, 9.17) is 9.47 Å². The third-order valence-electron chi connectivity index (χ3n) is 3.45. The van der Waals surface area contributed by atoms with E-state index in [0.717, 1.165) is 21.3 Å². The topological polar surface area (TPSA) is 47.6 Å². The van der Waals surface area contributed by atoms with Crippen LogP contribution in [0.3, 0.4) is 0 Å². The van der Waals surface area contributed by atoms with Gasteiger partial charge in [0.25, 0.3) is 5.91 Å². The van der Waals surface area contributed by atoms with Gasteiger partial charge in [0.1, 0.15) is 12.4 Å². The van der Waals surface area contributed by atoms with Crippen molar-refractivity contribution < 1.29 is 14.3 Å². The fourth-order valence-electron chi connectivity index (χ4n) is 2.23. The maximum Gasteiger partial charge on any atom is 0.259 e. The van der Waals surface area contributed by atoms with Crippen LogP contribution in [0.1, 0.15) is 21.5 Å². The second-order valence-electron chi connectivity index (χ2n) is 5.20. The minimum Gasteiger partial charge on any atom is -0.490 e. The predicted octanol–water partition coefficient (Wildman–Crippen LogP) is 4.34. The van der Waals surface area contributed by atoms with Crippen molar-refractivity contribution in [2.45, 2.75) is 13.8 Å². The summed E-state index contributed by atoms with van der Waals surface area (Å²) in [6, 6.07) is 11.3. The summed E-state index contributed by atoms with van der Waals surface area (Å²) in [4.78, 5) is 12.7. The van der Waals surface area contributed by atoms with Gasteiger partial charge in [-0.2, -0.15) is 0 Å². The number of ether oxygens (including phenoxy) is 2. The molecular formula is C18H20BrNO3. The first kappa shape index (κ1) is 17.5. The molecule has 2 aromatic rings. The number of hydrogen-bond donors (Lipinski definition) is 1. The highest BCUT2D eigenvalue weighted by molar-refractivity contribution is 9.10. The number of benzene rings is 2. The molecule has 0 bridgehead atoms. The van der Waals surface area contributed by atoms with Crippen LogP contribution in [0.2, 0.25) is 0 Å². The summed E-state index contributed by atoms with van der Waals surface area (Å²) < 4.78 is 11.4. The van der Waals surface area contributed by atoms with Crippen molar-refractivity contribution in [2.75, 3.05) is 25.6 Å². The van der Waals surface area contributed by atoms with Gasteiger partial charge in [-0.15, -0.1) is 0 Å². The number of methoxy groups -OCH3 is 1. The molecule has 0 heterocycles. The zero-order chi connectivity index (χ0) is 16.8. The fourth-order valence-corrected chi connectivity index (χ4v) is 2.59. The summed E-state index contributed by atoms with van der Waals surface area (Å²) in [5, 5.41) is 2.98. The highest BCUT2D eigenvalue weighted by Gasteiger charge is 2.15. The molecule has 0 atom stereocenters. The smallest absolute Gasteiger partial charge is 0.259 e.